The molecule has 1 aromatic carbocycles. The fourth-order valence-corrected chi connectivity index (χ4v) is 7.55. The van der Waals surface area contributed by atoms with Gasteiger partial charge in [0.2, 0.25) is 11.8 Å². The van der Waals surface area contributed by atoms with Crippen molar-refractivity contribution in [2.24, 2.45) is 11.3 Å². The molecule has 1 amide bonds. The first-order chi connectivity index (χ1) is 20.0. The second kappa shape index (κ2) is 9.75. The van der Waals surface area contributed by atoms with Crippen molar-refractivity contribution in [2.45, 2.75) is 94.3 Å². The largest absolute Gasteiger partial charge is 0.339 e. The summed E-state index contributed by atoms with van der Waals surface area (Å²) < 4.78 is 11.5. The van der Waals surface area contributed by atoms with Crippen molar-refractivity contribution in [3.8, 4) is 11.5 Å². The highest BCUT2D eigenvalue weighted by Gasteiger charge is 2.53. The maximum absolute atomic E-state index is 14.3. The van der Waals surface area contributed by atoms with Gasteiger partial charge in [0.05, 0.1) is 0 Å². The van der Waals surface area contributed by atoms with E-state index in [1.807, 2.05) is 12.1 Å². The van der Waals surface area contributed by atoms with Crippen LogP contribution in [-0.4, -0.2) is 57.8 Å². The van der Waals surface area contributed by atoms with E-state index in [-0.39, 0.29) is 22.7 Å². The van der Waals surface area contributed by atoms with Gasteiger partial charge < -0.3 is 18.8 Å². The summed E-state index contributed by atoms with van der Waals surface area (Å²) in [5.74, 6) is 4.41. The minimum Gasteiger partial charge on any atom is -0.339 e. The van der Waals surface area contributed by atoms with Crippen molar-refractivity contribution in [3.63, 3.8) is 0 Å². The molecule has 0 N–H and O–H groups in total. The van der Waals surface area contributed by atoms with Gasteiger partial charge in [0.15, 0.2) is 11.6 Å². The van der Waals surface area contributed by atoms with Gasteiger partial charge in [-0.1, -0.05) is 16.4 Å². The summed E-state index contributed by atoms with van der Waals surface area (Å²) in [4.78, 5) is 28.3. The molecule has 6 fully saturated rings. The molecule has 1 aliphatic heterocycles. The maximum Gasteiger partial charge on any atom is 0.258 e. The fraction of sp³-hybridized carbons (Fsp3) is 0.656. The Balaban J connectivity index is 1.05. The number of anilines is 1. The van der Waals surface area contributed by atoms with E-state index in [0.717, 1.165) is 113 Å². The van der Waals surface area contributed by atoms with E-state index in [0.29, 0.717) is 17.7 Å². The molecule has 216 valence electrons. The summed E-state index contributed by atoms with van der Waals surface area (Å²) in [5, 5.41) is 8.56. The summed E-state index contributed by atoms with van der Waals surface area (Å²) in [6, 6.07) is 8.21. The number of carbonyl (C=O) groups excluding carboxylic acids is 1. The zero-order chi connectivity index (χ0) is 27.6. The monoisotopic (exact) mass is 556 g/mol. The SMILES string of the molecule is CN1CCC(C(=O)N(CC23CCC(c4nc(C5CC5)no4)(CC2)CC3)c2cccc(-c3nc(C4CC4)no3)c2)CC1. The number of hydrogen-bond acceptors (Lipinski definition) is 8. The second-order valence-electron chi connectivity index (χ2n) is 13.8. The van der Waals surface area contributed by atoms with Gasteiger partial charge in [-0.15, -0.1) is 0 Å². The molecule has 0 unspecified atom stereocenters. The number of fused-ring (bicyclic) bond motifs is 3. The standard InChI is InChI=1S/C32H40N6O3/c1-37-17-9-23(10-18-37)29(39)38(25-4-2-3-24(19-25)28-33-26(35-40-28)21-5-6-21)20-31-11-14-32(15-12-31,16-13-31)30-34-27(36-41-30)22-7-8-22/h2-4,19,21-23H,5-18,20H2,1H3. The Morgan fingerprint density at radius 2 is 1.56 bits per heavy atom. The number of piperidine rings is 1. The molecule has 2 bridgehead atoms. The lowest BCUT2D eigenvalue weighted by Gasteiger charge is -2.53. The topological polar surface area (TPSA) is 101 Å². The third kappa shape index (κ3) is 4.80. The number of benzene rings is 1. The zero-order valence-electron chi connectivity index (χ0n) is 24.1. The first-order valence-corrected chi connectivity index (χ1v) is 15.8. The molecule has 41 heavy (non-hydrogen) atoms. The van der Waals surface area contributed by atoms with Gasteiger partial charge in [-0.25, -0.2) is 0 Å². The van der Waals surface area contributed by atoms with Crippen LogP contribution in [0.15, 0.2) is 33.3 Å². The summed E-state index contributed by atoms with van der Waals surface area (Å²) in [6.45, 7) is 2.69. The molecule has 5 saturated carbocycles. The molecule has 0 radical (unpaired) electrons. The van der Waals surface area contributed by atoms with Gasteiger partial charge in [-0.2, -0.15) is 9.97 Å². The van der Waals surface area contributed by atoms with Crippen LogP contribution in [0, 0.1) is 11.3 Å². The summed E-state index contributed by atoms with van der Waals surface area (Å²) in [5.41, 5.74) is 1.96. The van der Waals surface area contributed by atoms with Crippen LogP contribution in [-0.2, 0) is 10.2 Å². The third-order valence-electron chi connectivity index (χ3n) is 10.9. The van der Waals surface area contributed by atoms with Gasteiger partial charge in [0.25, 0.3) is 5.89 Å². The molecule has 6 aliphatic rings. The molecule has 9 heteroatoms. The highest BCUT2D eigenvalue weighted by atomic mass is 16.5. The molecule has 9 rings (SSSR count). The van der Waals surface area contributed by atoms with Gasteiger partial charge >= 0.3 is 0 Å². The van der Waals surface area contributed by atoms with Crippen LogP contribution in [0.5, 0.6) is 0 Å². The van der Waals surface area contributed by atoms with E-state index in [4.69, 9.17) is 14.0 Å². The molecule has 9 nitrogen and oxygen atoms in total. The molecule has 5 aliphatic carbocycles. The van der Waals surface area contributed by atoms with Crippen molar-refractivity contribution in [1.29, 1.82) is 0 Å². The van der Waals surface area contributed by atoms with Crippen LogP contribution in [0.2, 0.25) is 0 Å². The normalized spacial score (nSPS) is 28.7. The fourth-order valence-electron chi connectivity index (χ4n) is 7.55. The lowest BCUT2D eigenvalue weighted by molar-refractivity contribution is -0.124. The molecular weight excluding hydrogens is 516 g/mol. The van der Waals surface area contributed by atoms with Crippen LogP contribution in [0.4, 0.5) is 5.69 Å². The predicted octanol–water partition coefficient (Wildman–Crippen LogP) is 5.84. The Labute approximate surface area is 241 Å². The smallest absolute Gasteiger partial charge is 0.258 e. The number of hydrogen-bond donors (Lipinski definition) is 0. The number of amides is 1. The highest BCUT2D eigenvalue weighted by Crippen LogP contribution is 2.58. The maximum atomic E-state index is 14.3. The van der Waals surface area contributed by atoms with Crippen molar-refractivity contribution >= 4 is 11.6 Å². The number of nitrogens with zero attached hydrogens (tertiary/aromatic N) is 6. The Kier molecular flexibility index (Phi) is 6.09. The van der Waals surface area contributed by atoms with Gasteiger partial charge in [0.1, 0.15) is 0 Å². The van der Waals surface area contributed by atoms with E-state index < -0.39 is 0 Å². The first kappa shape index (κ1) is 25.6. The second-order valence-corrected chi connectivity index (χ2v) is 13.8. The minimum atomic E-state index is 0.0157. The van der Waals surface area contributed by atoms with Gasteiger partial charge in [-0.05, 0) is 121 Å². The Morgan fingerprint density at radius 3 is 2.24 bits per heavy atom. The Hall–Kier alpha value is -3.07. The van der Waals surface area contributed by atoms with E-state index in [9.17, 15) is 4.79 Å². The van der Waals surface area contributed by atoms with Gasteiger partial charge in [0, 0.05) is 41.0 Å². The average molecular weight is 557 g/mol. The summed E-state index contributed by atoms with van der Waals surface area (Å²) in [7, 11) is 2.15. The lowest BCUT2D eigenvalue weighted by Crippen LogP contribution is -2.52. The molecule has 1 saturated heterocycles. The van der Waals surface area contributed by atoms with Crippen molar-refractivity contribution in [3.05, 3.63) is 41.8 Å². The van der Waals surface area contributed by atoms with E-state index in [1.54, 1.807) is 0 Å². The highest BCUT2D eigenvalue weighted by molar-refractivity contribution is 5.95. The molecular formula is C32H40N6O3. The molecule has 0 spiro atoms. The third-order valence-corrected chi connectivity index (χ3v) is 10.9. The van der Waals surface area contributed by atoms with Crippen LogP contribution in [0.1, 0.15) is 106 Å². The quantitative estimate of drug-likeness (QED) is 0.341. The molecule has 3 heterocycles. The minimum absolute atomic E-state index is 0.0157. The van der Waals surface area contributed by atoms with E-state index in [2.05, 4.69) is 44.3 Å². The first-order valence-electron chi connectivity index (χ1n) is 15.8. The lowest BCUT2D eigenvalue weighted by atomic mass is 9.53. The zero-order valence-corrected chi connectivity index (χ0v) is 24.1. The number of carbonyl (C=O) groups is 1. The van der Waals surface area contributed by atoms with Crippen molar-refractivity contribution in [1.82, 2.24) is 25.2 Å². The number of rotatable bonds is 8. The Morgan fingerprint density at radius 1 is 0.902 bits per heavy atom. The number of likely N-dealkylation sites (tertiary alicyclic amines) is 1. The van der Waals surface area contributed by atoms with Gasteiger partial charge in [-0.3, -0.25) is 4.79 Å². The number of aromatic nitrogens is 4. The van der Waals surface area contributed by atoms with E-state index >= 15 is 0 Å². The average Bonchev–Trinajstić information content (AvgIpc) is 3.95. The predicted molar refractivity (Wildman–Crippen MR) is 152 cm³/mol. The summed E-state index contributed by atoms with van der Waals surface area (Å²) in [6.07, 6.45) is 12.9. The van der Waals surface area contributed by atoms with Crippen LogP contribution >= 0.6 is 0 Å². The summed E-state index contributed by atoms with van der Waals surface area (Å²) >= 11 is 0. The molecule has 0 atom stereocenters. The Bertz CT molecular complexity index is 1410. The van der Waals surface area contributed by atoms with Crippen molar-refractivity contribution < 1.29 is 13.8 Å². The molecule has 2 aromatic heterocycles. The van der Waals surface area contributed by atoms with Crippen molar-refractivity contribution in [2.75, 3.05) is 31.6 Å². The van der Waals surface area contributed by atoms with E-state index in [1.165, 1.54) is 12.8 Å². The van der Waals surface area contributed by atoms with Crippen LogP contribution < -0.4 is 4.90 Å². The van der Waals surface area contributed by atoms with Crippen LogP contribution in [0.25, 0.3) is 11.5 Å². The molecule has 3 aromatic rings. The van der Waals surface area contributed by atoms with Crippen LogP contribution in [0.3, 0.4) is 0 Å².